The Bertz CT molecular complexity index is 1130. The Morgan fingerprint density at radius 1 is 1.25 bits per heavy atom. The maximum atomic E-state index is 14.0. The summed E-state index contributed by atoms with van der Waals surface area (Å²) in [5, 5.41) is 9.67. The van der Waals surface area contributed by atoms with E-state index in [-0.39, 0.29) is 22.6 Å². The van der Waals surface area contributed by atoms with E-state index in [1.807, 2.05) is 0 Å². The topological polar surface area (TPSA) is 82.1 Å². The third-order valence-corrected chi connectivity index (χ3v) is 10.8. The van der Waals surface area contributed by atoms with Gasteiger partial charge in [-0.2, -0.15) is 5.10 Å². The van der Waals surface area contributed by atoms with E-state index in [0.717, 1.165) is 24.9 Å². The fraction of sp³-hybridized carbons (Fsp3) is 0.565. The minimum absolute atomic E-state index is 0.0564. The average Bonchev–Trinajstić information content (AvgIpc) is 3.36. The van der Waals surface area contributed by atoms with Crippen molar-refractivity contribution in [1.82, 2.24) is 9.31 Å². The Kier molecular flexibility index (Phi) is 4.58. The van der Waals surface area contributed by atoms with Crippen LogP contribution in [-0.2, 0) is 14.8 Å². The third-order valence-electron chi connectivity index (χ3n) is 8.61. The molecule has 2 saturated carbocycles. The minimum atomic E-state index is -3.71. The van der Waals surface area contributed by atoms with Crippen LogP contribution in [0.3, 0.4) is 0 Å². The molecule has 4 aliphatic rings. The number of sulfonamides is 1. The van der Waals surface area contributed by atoms with Crippen LogP contribution in [-0.4, -0.2) is 47.2 Å². The van der Waals surface area contributed by atoms with Crippen LogP contribution in [0.4, 0.5) is 5.69 Å². The number of fused-ring (bicyclic) bond motifs is 1. The highest BCUT2D eigenvalue weighted by Crippen LogP contribution is 2.70. The lowest BCUT2D eigenvalue weighted by molar-refractivity contribution is -0.139. The summed E-state index contributed by atoms with van der Waals surface area (Å²) in [6.07, 6.45) is 4.61. The first-order chi connectivity index (χ1) is 14.9. The normalized spacial score (nSPS) is 35.9. The van der Waals surface area contributed by atoms with Crippen LogP contribution in [0.5, 0.6) is 0 Å². The van der Waals surface area contributed by atoms with Crippen LogP contribution < -0.4 is 5.32 Å². The molecular formula is C23H29ClN4O3S. The van der Waals surface area contributed by atoms with Gasteiger partial charge in [-0.15, -0.1) is 0 Å². The molecule has 1 aromatic carbocycles. The van der Waals surface area contributed by atoms with Crippen molar-refractivity contribution in [2.75, 3.05) is 11.1 Å². The molecule has 0 aromatic heterocycles. The van der Waals surface area contributed by atoms with Crippen molar-refractivity contribution < 1.29 is 13.2 Å². The van der Waals surface area contributed by atoms with E-state index in [1.54, 1.807) is 37.4 Å². The second kappa shape index (κ2) is 6.73. The van der Waals surface area contributed by atoms with E-state index < -0.39 is 21.5 Å². The van der Waals surface area contributed by atoms with Gasteiger partial charge in [-0.25, -0.2) is 17.7 Å². The van der Waals surface area contributed by atoms with E-state index in [0.29, 0.717) is 23.2 Å². The van der Waals surface area contributed by atoms with Gasteiger partial charge in [0.25, 0.3) is 5.91 Å². The van der Waals surface area contributed by atoms with E-state index in [9.17, 15) is 13.2 Å². The standard InChI is InChI=1S/C23H29ClN4O3S/c1-15(26-18-7-5-17(24)6-8-18)28-22(4,11-12-25-28)20(29)27-19-13-16-9-10-23(19,21(16,2)3)14-32(27,30)31/h5-8,12,16,19,26H,1,9-11,13-14H2,2-4H3/t16?,19-,22-,23-/m1/s1. The van der Waals surface area contributed by atoms with Gasteiger partial charge in [0.2, 0.25) is 10.0 Å². The molecule has 2 aliphatic heterocycles. The number of benzene rings is 1. The van der Waals surface area contributed by atoms with Crippen molar-refractivity contribution in [3.8, 4) is 0 Å². The monoisotopic (exact) mass is 476 g/mol. The van der Waals surface area contributed by atoms with Gasteiger partial charge in [0.05, 0.1) is 11.8 Å². The predicted molar refractivity (Wildman–Crippen MR) is 126 cm³/mol. The molecule has 1 saturated heterocycles. The summed E-state index contributed by atoms with van der Waals surface area (Å²) in [6.45, 7) is 10.2. The minimum Gasteiger partial charge on any atom is -0.341 e. The molecule has 1 aromatic rings. The largest absolute Gasteiger partial charge is 0.341 e. The number of halogens is 1. The Morgan fingerprint density at radius 3 is 2.59 bits per heavy atom. The molecule has 2 aliphatic carbocycles. The van der Waals surface area contributed by atoms with Crippen molar-refractivity contribution in [2.45, 2.75) is 58.0 Å². The third kappa shape index (κ3) is 2.75. The summed E-state index contributed by atoms with van der Waals surface area (Å²) in [5.41, 5.74) is -0.863. The van der Waals surface area contributed by atoms with E-state index >= 15 is 0 Å². The highest BCUT2D eigenvalue weighted by molar-refractivity contribution is 7.90. The Labute approximate surface area is 194 Å². The molecule has 1 spiro atoms. The van der Waals surface area contributed by atoms with Crippen LogP contribution in [0.15, 0.2) is 41.8 Å². The second-order valence-corrected chi connectivity index (χ2v) is 12.7. The quantitative estimate of drug-likeness (QED) is 0.709. The van der Waals surface area contributed by atoms with Gasteiger partial charge in [0, 0.05) is 28.8 Å². The number of nitrogens with zero attached hydrogens (tertiary/aromatic N) is 3. The molecule has 9 heteroatoms. The molecule has 2 bridgehead atoms. The zero-order valence-corrected chi connectivity index (χ0v) is 20.2. The summed E-state index contributed by atoms with van der Waals surface area (Å²) in [5.74, 6) is 0.486. The van der Waals surface area contributed by atoms with Crippen molar-refractivity contribution >= 4 is 39.4 Å². The van der Waals surface area contributed by atoms with E-state index in [1.165, 1.54) is 9.31 Å². The molecular weight excluding hydrogens is 448 g/mol. The van der Waals surface area contributed by atoms with Gasteiger partial charge in [0.1, 0.15) is 11.4 Å². The summed E-state index contributed by atoms with van der Waals surface area (Å²) in [4.78, 5) is 14.0. The van der Waals surface area contributed by atoms with Crippen LogP contribution >= 0.6 is 11.6 Å². The first kappa shape index (κ1) is 21.8. The molecule has 32 heavy (non-hydrogen) atoms. The summed E-state index contributed by atoms with van der Waals surface area (Å²) in [6, 6.07) is 6.84. The zero-order valence-electron chi connectivity index (χ0n) is 18.6. The molecule has 0 radical (unpaired) electrons. The molecule has 1 amide bonds. The number of nitrogens with one attached hydrogen (secondary N) is 1. The Balaban J connectivity index is 1.44. The summed E-state index contributed by atoms with van der Waals surface area (Å²) < 4.78 is 28.0. The van der Waals surface area contributed by atoms with Crippen LogP contribution in [0, 0.1) is 16.7 Å². The molecule has 1 N–H and O–H groups in total. The number of hydrogen-bond donors (Lipinski definition) is 1. The lowest BCUT2D eigenvalue weighted by Gasteiger charge is -2.40. The number of carbonyl (C=O) groups is 1. The number of amides is 1. The molecule has 172 valence electrons. The zero-order chi connectivity index (χ0) is 23.1. The number of hydrazone groups is 1. The van der Waals surface area contributed by atoms with Crippen molar-refractivity contribution in [2.24, 2.45) is 21.8 Å². The van der Waals surface area contributed by atoms with Crippen molar-refractivity contribution in [1.29, 1.82) is 0 Å². The smallest absolute Gasteiger partial charge is 0.264 e. The lowest BCUT2D eigenvalue weighted by atomic mass is 9.69. The fourth-order valence-corrected chi connectivity index (χ4v) is 9.36. The van der Waals surface area contributed by atoms with Crippen molar-refractivity contribution in [3.63, 3.8) is 0 Å². The highest BCUT2D eigenvalue weighted by Gasteiger charge is 2.73. The number of rotatable bonds is 4. The Hall–Kier alpha value is -2.06. The molecule has 7 nitrogen and oxygen atoms in total. The second-order valence-electron chi connectivity index (χ2n) is 10.4. The van der Waals surface area contributed by atoms with Gasteiger partial charge in [-0.1, -0.05) is 32.0 Å². The van der Waals surface area contributed by atoms with Gasteiger partial charge in [0.15, 0.2) is 0 Å². The van der Waals surface area contributed by atoms with E-state index in [2.05, 4.69) is 30.8 Å². The van der Waals surface area contributed by atoms with Crippen LogP contribution in [0.2, 0.25) is 5.02 Å². The maximum Gasteiger partial charge on any atom is 0.264 e. The maximum absolute atomic E-state index is 14.0. The molecule has 3 fully saturated rings. The predicted octanol–water partition coefficient (Wildman–Crippen LogP) is 4.04. The fourth-order valence-electron chi connectivity index (χ4n) is 6.61. The highest BCUT2D eigenvalue weighted by atomic mass is 35.5. The first-order valence-electron chi connectivity index (χ1n) is 11.0. The molecule has 2 heterocycles. The summed E-state index contributed by atoms with van der Waals surface area (Å²) >= 11 is 5.96. The number of carbonyl (C=O) groups excluding carboxylic acids is 1. The summed E-state index contributed by atoms with van der Waals surface area (Å²) in [7, 11) is -3.71. The Morgan fingerprint density at radius 2 is 1.94 bits per heavy atom. The van der Waals surface area contributed by atoms with Gasteiger partial charge in [-0.05, 0) is 61.8 Å². The molecule has 4 atom stereocenters. The van der Waals surface area contributed by atoms with Gasteiger partial charge < -0.3 is 5.32 Å². The van der Waals surface area contributed by atoms with Crippen molar-refractivity contribution in [3.05, 3.63) is 41.7 Å². The molecule has 1 unspecified atom stereocenters. The van der Waals surface area contributed by atoms with Gasteiger partial charge in [-0.3, -0.25) is 4.79 Å². The lowest BCUT2D eigenvalue weighted by Crippen LogP contribution is -2.57. The van der Waals surface area contributed by atoms with Gasteiger partial charge >= 0.3 is 0 Å². The SMILES string of the molecule is C=C(Nc1ccc(Cl)cc1)N1N=CC[C@]1(C)C(=O)N1[C@@H]2CC3CC[C@]2(CS1(=O)=O)C3(C)C. The number of anilines is 1. The molecule has 5 rings (SSSR count). The van der Waals surface area contributed by atoms with Crippen LogP contribution in [0.1, 0.15) is 46.5 Å². The van der Waals surface area contributed by atoms with E-state index in [4.69, 9.17) is 11.6 Å². The first-order valence-corrected chi connectivity index (χ1v) is 13.0. The average molecular weight is 477 g/mol. The number of hydrogen-bond acceptors (Lipinski definition) is 6. The van der Waals surface area contributed by atoms with Crippen LogP contribution in [0.25, 0.3) is 0 Å².